The van der Waals surface area contributed by atoms with Crippen LogP contribution in [0.5, 0.6) is 0 Å². The second kappa shape index (κ2) is 6.25. The van der Waals surface area contributed by atoms with Gasteiger partial charge in [0.2, 0.25) is 0 Å². The molecule has 88 valence electrons. The van der Waals surface area contributed by atoms with Gasteiger partial charge in [-0.1, -0.05) is 24.3 Å². The van der Waals surface area contributed by atoms with Gasteiger partial charge < -0.3 is 14.6 Å². The van der Waals surface area contributed by atoms with Crippen molar-refractivity contribution in [1.82, 2.24) is 0 Å². The SMILES string of the molecule is COCC(OC)c1ccccc1CC(=O)O. The second-order valence-electron chi connectivity index (χ2n) is 3.45. The average molecular weight is 224 g/mol. The molecule has 0 saturated heterocycles. The zero-order chi connectivity index (χ0) is 12.0. The quantitative estimate of drug-likeness (QED) is 0.798. The minimum Gasteiger partial charge on any atom is -0.481 e. The summed E-state index contributed by atoms with van der Waals surface area (Å²) in [5.74, 6) is -0.847. The highest BCUT2D eigenvalue weighted by molar-refractivity contribution is 5.70. The standard InChI is InChI=1S/C12H16O4/c1-15-8-11(16-2)10-6-4-3-5-9(10)7-12(13)14/h3-6,11H,7-8H2,1-2H3,(H,13,14). The molecule has 1 unspecified atom stereocenters. The summed E-state index contributed by atoms with van der Waals surface area (Å²) in [7, 11) is 3.17. The van der Waals surface area contributed by atoms with E-state index in [1.54, 1.807) is 20.3 Å². The molecule has 0 heterocycles. The monoisotopic (exact) mass is 224 g/mol. The molecule has 0 amide bonds. The van der Waals surface area contributed by atoms with Crippen molar-refractivity contribution in [3.05, 3.63) is 35.4 Å². The molecule has 4 heteroatoms. The van der Waals surface area contributed by atoms with E-state index in [4.69, 9.17) is 14.6 Å². The van der Waals surface area contributed by atoms with Gasteiger partial charge in [0.05, 0.1) is 13.0 Å². The van der Waals surface area contributed by atoms with Crippen LogP contribution >= 0.6 is 0 Å². The fraction of sp³-hybridized carbons (Fsp3) is 0.417. The number of methoxy groups -OCH3 is 2. The first kappa shape index (κ1) is 12.7. The van der Waals surface area contributed by atoms with Crippen LogP contribution in [-0.2, 0) is 20.7 Å². The summed E-state index contributed by atoms with van der Waals surface area (Å²) in [6, 6.07) is 7.35. The van der Waals surface area contributed by atoms with Crippen LogP contribution in [0, 0.1) is 0 Å². The molecular weight excluding hydrogens is 208 g/mol. The largest absolute Gasteiger partial charge is 0.481 e. The molecule has 0 radical (unpaired) electrons. The Morgan fingerprint density at radius 3 is 2.62 bits per heavy atom. The van der Waals surface area contributed by atoms with Gasteiger partial charge in [-0.05, 0) is 11.1 Å². The van der Waals surface area contributed by atoms with Gasteiger partial charge in [-0.25, -0.2) is 0 Å². The van der Waals surface area contributed by atoms with Crippen molar-refractivity contribution in [2.75, 3.05) is 20.8 Å². The van der Waals surface area contributed by atoms with Crippen molar-refractivity contribution < 1.29 is 19.4 Å². The molecule has 1 aromatic rings. The summed E-state index contributed by atoms with van der Waals surface area (Å²) in [6.45, 7) is 0.410. The molecule has 0 aliphatic heterocycles. The number of carboxylic acids is 1. The van der Waals surface area contributed by atoms with Crippen LogP contribution in [-0.4, -0.2) is 31.9 Å². The fourth-order valence-electron chi connectivity index (χ4n) is 1.61. The number of hydrogen-bond acceptors (Lipinski definition) is 3. The van der Waals surface area contributed by atoms with Crippen molar-refractivity contribution in [3.63, 3.8) is 0 Å². The van der Waals surface area contributed by atoms with Gasteiger partial charge in [-0.2, -0.15) is 0 Å². The first-order chi connectivity index (χ1) is 7.69. The van der Waals surface area contributed by atoms with E-state index in [0.29, 0.717) is 6.61 Å². The van der Waals surface area contributed by atoms with Crippen molar-refractivity contribution in [3.8, 4) is 0 Å². The maximum absolute atomic E-state index is 10.7. The minimum atomic E-state index is -0.847. The second-order valence-corrected chi connectivity index (χ2v) is 3.45. The Morgan fingerprint density at radius 2 is 2.06 bits per heavy atom. The topological polar surface area (TPSA) is 55.8 Å². The van der Waals surface area contributed by atoms with Crippen LogP contribution in [0.25, 0.3) is 0 Å². The predicted molar refractivity (Wildman–Crippen MR) is 59.4 cm³/mol. The summed E-state index contributed by atoms with van der Waals surface area (Å²) in [5.41, 5.74) is 1.63. The van der Waals surface area contributed by atoms with Crippen molar-refractivity contribution in [2.45, 2.75) is 12.5 Å². The lowest BCUT2D eigenvalue weighted by atomic mass is 10.0. The van der Waals surface area contributed by atoms with Crippen LogP contribution < -0.4 is 0 Å². The van der Waals surface area contributed by atoms with E-state index in [1.165, 1.54) is 0 Å². The molecule has 0 aliphatic carbocycles. The molecule has 0 aromatic heterocycles. The smallest absolute Gasteiger partial charge is 0.307 e. The van der Waals surface area contributed by atoms with Crippen LogP contribution in [0.15, 0.2) is 24.3 Å². The van der Waals surface area contributed by atoms with E-state index < -0.39 is 5.97 Å². The summed E-state index contributed by atoms with van der Waals surface area (Å²) >= 11 is 0. The molecule has 0 aliphatic rings. The summed E-state index contributed by atoms with van der Waals surface area (Å²) < 4.78 is 10.3. The van der Waals surface area contributed by atoms with Crippen LogP contribution in [0.2, 0.25) is 0 Å². The third-order valence-corrected chi connectivity index (χ3v) is 2.35. The number of ether oxygens (including phenoxy) is 2. The molecule has 0 saturated carbocycles. The third-order valence-electron chi connectivity index (χ3n) is 2.35. The third kappa shape index (κ3) is 3.32. The van der Waals surface area contributed by atoms with Gasteiger partial charge in [0.1, 0.15) is 6.10 Å². The molecule has 0 bridgehead atoms. The van der Waals surface area contributed by atoms with Crippen LogP contribution in [0.3, 0.4) is 0 Å². The van der Waals surface area contributed by atoms with Gasteiger partial charge in [0.25, 0.3) is 0 Å². The van der Waals surface area contributed by atoms with Crippen LogP contribution in [0.4, 0.5) is 0 Å². The summed E-state index contributed by atoms with van der Waals surface area (Å²) in [5, 5.41) is 8.80. The Kier molecular flexibility index (Phi) is 4.95. The molecule has 0 fully saturated rings. The lowest BCUT2D eigenvalue weighted by Gasteiger charge is -2.17. The number of carbonyl (C=O) groups is 1. The lowest BCUT2D eigenvalue weighted by Crippen LogP contribution is -2.12. The first-order valence-electron chi connectivity index (χ1n) is 5.00. The molecule has 1 rings (SSSR count). The van der Waals surface area contributed by atoms with Crippen LogP contribution in [0.1, 0.15) is 17.2 Å². The Labute approximate surface area is 94.8 Å². The van der Waals surface area contributed by atoms with E-state index in [2.05, 4.69) is 0 Å². The van der Waals surface area contributed by atoms with Crippen molar-refractivity contribution in [1.29, 1.82) is 0 Å². The average Bonchev–Trinajstić information content (AvgIpc) is 2.26. The number of aliphatic carboxylic acids is 1. The molecule has 1 N–H and O–H groups in total. The molecule has 0 spiro atoms. The zero-order valence-electron chi connectivity index (χ0n) is 9.47. The van der Waals surface area contributed by atoms with Gasteiger partial charge in [0.15, 0.2) is 0 Å². The van der Waals surface area contributed by atoms with Gasteiger partial charge in [-0.3, -0.25) is 4.79 Å². The maximum atomic E-state index is 10.7. The number of carboxylic acid groups (broad SMARTS) is 1. The Bertz CT molecular complexity index is 349. The minimum absolute atomic E-state index is 0.000250. The van der Waals surface area contributed by atoms with E-state index in [9.17, 15) is 4.79 Å². The zero-order valence-corrected chi connectivity index (χ0v) is 9.47. The normalized spacial score (nSPS) is 12.4. The van der Waals surface area contributed by atoms with Gasteiger partial charge in [-0.15, -0.1) is 0 Å². The highest BCUT2D eigenvalue weighted by atomic mass is 16.5. The van der Waals surface area contributed by atoms with E-state index >= 15 is 0 Å². The highest BCUT2D eigenvalue weighted by Gasteiger charge is 2.15. The number of rotatable bonds is 6. The molecular formula is C12H16O4. The van der Waals surface area contributed by atoms with E-state index in [-0.39, 0.29) is 12.5 Å². The lowest BCUT2D eigenvalue weighted by molar-refractivity contribution is -0.136. The summed E-state index contributed by atoms with van der Waals surface area (Å²) in [4.78, 5) is 10.7. The van der Waals surface area contributed by atoms with E-state index in [0.717, 1.165) is 11.1 Å². The molecule has 16 heavy (non-hydrogen) atoms. The fourth-order valence-corrected chi connectivity index (χ4v) is 1.61. The highest BCUT2D eigenvalue weighted by Crippen LogP contribution is 2.21. The van der Waals surface area contributed by atoms with E-state index in [1.807, 2.05) is 18.2 Å². The molecule has 4 nitrogen and oxygen atoms in total. The Hall–Kier alpha value is -1.39. The molecule has 1 aromatic carbocycles. The van der Waals surface area contributed by atoms with Gasteiger partial charge in [0, 0.05) is 14.2 Å². The first-order valence-corrected chi connectivity index (χ1v) is 5.00. The Balaban J connectivity index is 2.95. The van der Waals surface area contributed by atoms with Crippen molar-refractivity contribution >= 4 is 5.97 Å². The summed E-state index contributed by atoms with van der Waals surface area (Å²) in [6.07, 6.45) is -0.222. The number of benzene rings is 1. The number of hydrogen-bond donors (Lipinski definition) is 1. The predicted octanol–water partition coefficient (Wildman–Crippen LogP) is 1.65. The van der Waals surface area contributed by atoms with Gasteiger partial charge >= 0.3 is 5.97 Å². The Morgan fingerprint density at radius 1 is 1.38 bits per heavy atom. The molecule has 1 atom stereocenters. The van der Waals surface area contributed by atoms with Crippen molar-refractivity contribution in [2.24, 2.45) is 0 Å². The maximum Gasteiger partial charge on any atom is 0.307 e.